The van der Waals surface area contributed by atoms with Gasteiger partial charge in [-0.15, -0.1) is 0 Å². The Morgan fingerprint density at radius 2 is 2.12 bits per heavy atom. The predicted molar refractivity (Wildman–Crippen MR) is 90.4 cm³/mol. The van der Waals surface area contributed by atoms with Gasteiger partial charge in [-0.1, -0.05) is 11.6 Å². The number of carbonyl (C=O) groups excluding carboxylic acids is 1. The summed E-state index contributed by atoms with van der Waals surface area (Å²) in [6.07, 6.45) is 0. The van der Waals surface area contributed by atoms with Crippen LogP contribution in [0.5, 0.6) is 5.75 Å². The first-order valence-electron chi connectivity index (χ1n) is 7.87. The van der Waals surface area contributed by atoms with Crippen LogP contribution in [0, 0.1) is 13.8 Å². The van der Waals surface area contributed by atoms with E-state index in [4.69, 9.17) is 25.8 Å². The molecule has 2 heterocycles. The maximum Gasteiger partial charge on any atom is 0.340 e. The van der Waals surface area contributed by atoms with Gasteiger partial charge in [-0.05, 0) is 39.0 Å². The van der Waals surface area contributed by atoms with Crippen LogP contribution >= 0.6 is 11.6 Å². The lowest BCUT2D eigenvalue weighted by Crippen LogP contribution is -2.14. The molecule has 0 saturated carbocycles. The van der Waals surface area contributed by atoms with Gasteiger partial charge in [-0.25, -0.2) is 4.79 Å². The number of aromatic nitrogens is 1. The molecule has 0 amide bonds. The summed E-state index contributed by atoms with van der Waals surface area (Å²) < 4.78 is 18.4. The van der Waals surface area contributed by atoms with Crippen molar-refractivity contribution in [1.82, 2.24) is 4.57 Å². The standard InChI is InChI=1S/C18H20ClNO4/c1-4-20-11(2)5-16(12(20)3)18(21)23-9-14-7-15(19)6-13-8-22-10-24-17(13)14/h5-7H,4,8-10H2,1-3H3. The summed E-state index contributed by atoms with van der Waals surface area (Å²) in [7, 11) is 0. The van der Waals surface area contributed by atoms with Crippen LogP contribution in [0.25, 0.3) is 0 Å². The number of carbonyl (C=O) groups is 1. The van der Waals surface area contributed by atoms with Gasteiger partial charge in [-0.2, -0.15) is 0 Å². The van der Waals surface area contributed by atoms with E-state index in [2.05, 4.69) is 4.57 Å². The molecular weight excluding hydrogens is 330 g/mol. The summed E-state index contributed by atoms with van der Waals surface area (Å²) in [6, 6.07) is 5.42. The second-order valence-electron chi connectivity index (χ2n) is 5.77. The highest BCUT2D eigenvalue weighted by atomic mass is 35.5. The lowest BCUT2D eigenvalue weighted by molar-refractivity contribution is -0.0180. The van der Waals surface area contributed by atoms with Crippen molar-refractivity contribution in [3.05, 3.63) is 51.3 Å². The van der Waals surface area contributed by atoms with E-state index < -0.39 is 0 Å². The second-order valence-corrected chi connectivity index (χ2v) is 6.21. The fourth-order valence-electron chi connectivity index (χ4n) is 3.08. The van der Waals surface area contributed by atoms with Crippen LogP contribution in [0.3, 0.4) is 0 Å². The highest BCUT2D eigenvalue weighted by Gasteiger charge is 2.20. The zero-order chi connectivity index (χ0) is 17.3. The Bertz CT molecular complexity index is 782. The molecule has 0 atom stereocenters. The number of fused-ring (bicyclic) bond motifs is 1. The SMILES string of the molecule is CCn1c(C)cc(C(=O)OCc2cc(Cl)cc3c2OCOC3)c1C. The molecule has 0 aliphatic carbocycles. The molecule has 2 aromatic rings. The molecule has 1 aromatic carbocycles. The van der Waals surface area contributed by atoms with Crippen LogP contribution < -0.4 is 4.74 Å². The first-order valence-corrected chi connectivity index (χ1v) is 8.24. The Balaban J connectivity index is 1.79. The molecular formula is C18H20ClNO4. The number of rotatable bonds is 4. The molecule has 0 fully saturated rings. The van der Waals surface area contributed by atoms with Crippen LogP contribution in [0.4, 0.5) is 0 Å². The van der Waals surface area contributed by atoms with Crippen LogP contribution in [0.1, 0.15) is 39.8 Å². The van der Waals surface area contributed by atoms with E-state index in [0.29, 0.717) is 22.9 Å². The molecule has 0 unspecified atom stereocenters. The number of nitrogens with zero attached hydrogens (tertiary/aromatic N) is 1. The second kappa shape index (κ2) is 6.87. The molecule has 0 bridgehead atoms. The fraction of sp³-hybridized carbons (Fsp3) is 0.389. The van der Waals surface area contributed by atoms with Crippen molar-refractivity contribution in [3.8, 4) is 5.75 Å². The van der Waals surface area contributed by atoms with Crippen molar-refractivity contribution in [1.29, 1.82) is 0 Å². The third-order valence-corrected chi connectivity index (χ3v) is 4.44. The molecule has 0 radical (unpaired) electrons. The van der Waals surface area contributed by atoms with Gasteiger partial charge < -0.3 is 18.8 Å². The Labute approximate surface area is 146 Å². The van der Waals surface area contributed by atoms with E-state index in [1.165, 1.54) is 0 Å². The van der Waals surface area contributed by atoms with Gasteiger partial charge in [0.25, 0.3) is 0 Å². The molecule has 128 valence electrons. The molecule has 5 nitrogen and oxygen atoms in total. The molecule has 6 heteroatoms. The van der Waals surface area contributed by atoms with Crippen LogP contribution in [0.2, 0.25) is 5.02 Å². The number of aryl methyl sites for hydroxylation is 1. The van der Waals surface area contributed by atoms with E-state index in [9.17, 15) is 4.79 Å². The van der Waals surface area contributed by atoms with Gasteiger partial charge in [0, 0.05) is 34.1 Å². The van der Waals surface area contributed by atoms with E-state index >= 15 is 0 Å². The van der Waals surface area contributed by atoms with Gasteiger partial charge >= 0.3 is 5.97 Å². The van der Waals surface area contributed by atoms with Gasteiger partial charge in [0.1, 0.15) is 12.4 Å². The Morgan fingerprint density at radius 3 is 2.83 bits per heavy atom. The summed E-state index contributed by atoms with van der Waals surface area (Å²) in [4.78, 5) is 12.4. The minimum atomic E-state index is -0.344. The van der Waals surface area contributed by atoms with Crippen molar-refractivity contribution in [3.63, 3.8) is 0 Å². The average molecular weight is 350 g/mol. The molecule has 24 heavy (non-hydrogen) atoms. The van der Waals surface area contributed by atoms with Gasteiger partial charge in [0.15, 0.2) is 6.79 Å². The first kappa shape index (κ1) is 16.9. The lowest BCUT2D eigenvalue weighted by Gasteiger charge is -2.21. The number of esters is 1. The predicted octanol–water partition coefficient (Wildman–Crippen LogP) is 4.00. The minimum Gasteiger partial charge on any atom is -0.467 e. The van der Waals surface area contributed by atoms with Crippen molar-refractivity contribution in [2.45, 2.75) is 40.5 Å². The summed E-state index contributed by atoms with van der Waals surface area (Å²) in [6.45, 7) is 7.51. The maximum atomic E-state index is 12.4. The molecule has 0 spiro atoms. The Hall–Kier alpha value is -1.98. The highest BCUT2D eigenvalue weighted by Crippen LogP contribution is 2.32. The largest absolute Gasteiger partial charge is 0.467 e. The summed E-state index contributed by atoms with van der Waals surface area (Å²) in [5.74, 6) is 0.348. The monoisotopic (exact) mass is 349 g/mol. The Morgan fingerprint density at radius 1 is 1.33 bits per heavy atom. The maximum absolute atomic E-state index is 12.4. The van der Waals surface area contributed by atoms with Crippen LogP contribution in [0.15, 0.2) is 18.2 Å². The number of hydrogen-bond donors (Lipinski definition) is 0. The zero-order valence-electron chi connectivity index (χ0n) is 14.0. The average Bonchev–Trinajstić information content (AvgIpc) is 2.86. The third kappa shape index (κ3) is 3.14. The summed E-state index contributed by atoms with van der Waals surface area (Å²) in [5, 5.41) is 0.568. The van der Waals surface area contributed by atoms with E-state index in [1.54, 1.807) is 12.1 Å². The topological polar surface area (TPSA) is 49.7 Å². The lowest BCUT2D eigenvalue weighted by atomic mass is 10.1. The minimum absolute atomic E-state index is 0.109. The van der Waals surface area contributed by atoms with Crippen LogP contribution in [-0.4, -0.2) is 17.3 Å². The van der Waals surface area contributed by atoms with E-state index in [0.717, 1.165) is 29.1 Å². The van der Waals surface area contributed by atoms with Gasteiger partial charge in [-0.3, -0.25) is 0 Å². The molecule has 0 N–H and O–H groups in total. The molecule has 1 aliphatic rings. The van der Waals surface area contributed by atoms with Gasteiger partial charge in [0.2, 0.25) is 0 Å². The number of halogens is 1. The highest BCUT2D eigenvalue weighted by molar-refractivity contribution is 6.30. The summed E-state index contributed by atoms with van der Waals surface area (Å²) >= 11 is 6.13. The van der Waals surface area contributed by atoms with Crippen molar-refractivity contribution in [2.75, 3.05) is 6.79 Å². The molecule has 3 rings (SSSR count). The smallest absolute Gasteiger partial charge is 0.340 e. The molecule has 1 aliphatic heterocycles. The number of hydrogen-bond acceptors (Lipinski definition) is 4. The first-order chi connectivity index (χ1) is 11.5. The fourth-order valence-corrected chi connectivity index (χ4v) is 3.34. The van der Waals surface area contributed by atoms with E-state index in [-0.39, 0.29) is 19.4 Å². The van der Waals surface area contributed by atoms with E-state index in [1.807, 2.05) is 26.8 Å². The number of benzene rings is 1. The quantitative estimate of drug-likeness (QED) is 0.783. The normalized spacial score (nSPS) is 13.3. The third-order valence-electron chi connectivity index (χ3n) is 4.22. The number of ether oxygens (including phenoxy) is 3. The van der Waals surface area contributed by atoms with Crippen molar-refractivity contribution in [2.24, 2.45) is 0 Å². The summed E-state index contributed by atoms with van der Waals surface area (Å²) in [5.41, 5.74) is 4.16. The zero-order valence-corrected chi connectivity index (χ0v) is 14.8. The van der Waals surface area contributed by atoms with Crippen molar-refractivity contribution < 1.29 is 19.0 Å². The Kier molecular flexibility index (Phi) is 4.83. The molecule has 1 aromatic heterocycles. The van der Waals surface area contributed by atoms with Gasteiger partial charge in [0.05, 0.1) is 12.2 Å². The molecule has 0 saturated heterocycles. The van der Waals surface area contributed by atoms with Crippen molar-refractivity contribution >= 4 is 17.6 Å². The van der Waals surface area contributed by atoms with Crippen LogP contribution in [-0.2, 0) is 29.2 Å².